The molecule has 2 heterocycles. The molecule has 2 atom stereocenters. The topological polar surface area (TPSA) is 69.6 Å². The Kier molecular flexibility index (Phi) is 8.01. The van der Waals surface area contributed by atoms with Crippen molar-refractivity contribution in [2.45, 2.75) is 38.0 Å². The molecule has 1 aliphatic heterocycles. The lowest BCUT2D eigenvalue weighted by molar-refractivity contribution is 0.0212. The Morgan fingerprint density at radius 3 is 2.53 bits per heavy atom. The first-order valence-corrected chi connectivity index (χ1v) is 13.3. The van der Waals surface area contributed by atoms with E-state index < -0.39 is 6.10 Å². The summed E-state index contributed by atoms with van der Waals surface area (Å²) in [6.07, 6.45) is 3.32. The van der Waals surface area contributed by atoms with Crippen molar-refractivity contribution >= 4 is 23.5 Å². The van der Waals surface area contributed by atoms with Gasteiger partial charge in [-0.25, -0.2) is 9.97 Å². The fourth-order valence-corrected chi connectivity index (χ4v) is 5.26. The molecule has 2 unspecified atom stereocenters. The zero-order valence-electron chi connectivity index (χ0n) is 21.4. The summed E-state index contributed by atoms with van der Waals surface area (Å²) >= 11 is 6.19. The van der Waals surface area contributed by atoms with Gasteiger partial charge in [-0.05, 0) is 42.5 Å². The number of carbonyl (C=O) groups excluding carboxylic acids is 1. The van der Waals surface area contributed by atoms with Crippen LogP contribution in [0.4, 0.5) is 5.95 Å². The Balaban J connectivity index is 1.48. The van der Waals surface area contributed by atoms with Gasteiger partial charge in [0.15, 0.2) is 0 Å². The first-order chi connectivity index (χ1) is 18.5. The number of aliphatic hydroxyl groups is 1. The molecule has 1 amide bonds. The van der Waals surface area contributed by atoms with E-state index in [2.05, 4.69) is 17.1 Å². The molecule has 0 saturated carbocycles. The minimum absolute atomic E-state index is 0.174. The zero-order valence-corrected chi connectivity index (χ0v) is 22.1. The monoisotopic (exact) mass is 526 g/mol. The summed E-state index contributed by atoms with van der Waals surface area (Å²) in [5.41, 5.74) is 3.71. The summed E-state index contributed by atoms with van der Waals surface area (Å²) in [7, 11) is 1.95. The summed E-state index contributed by atoms with van der Waals surface area (Å²) in [5.74, 6) is 0.366. The van der Waals surface area contributed by atoms with Gasteiger partial charge in [0.1, 0.15) is 0 Å². The standard InChI is InChI=1S/C31H31ClN4O2/c1-35(21-22-11-4-2-5-12-22)31-33-20-26(28(34-31)23-13-6-3-7-14-23)30(38)36-18-9-8-17-27(36)29(37)24-15-10-16-25(32)19-24/h2-7,10-16,19-20,27,29,37H,8-9,17-18,21H2,1H3. The van der Waals surface area contributed by atoms with Crippen molar-refractivity contribution in [2.24, 2.45) is 0 Å². The van der Waals surface area contributed by atoms with Gasteiger partial charge in [0, 0.05) is 36.9 Å². The van der Waals surface area contributed by atoms with Crippen molar-refractivity contribution in [3.05, 3.63) is 113 Å². The van der Waals surface area contributed by atoms with Gasteiger partial charge in [0.05, 0.1) is 23.4 Å². The SMILES string of the molecule is CN(Cc1ccccc1)c1ncc(C(=O)N2CCCCC2C(O)c2cccc(Cl)c2)c(-c2ccccc2)n1. The van der Waals surface area contributed by atoms with E-state index in [1.54, 1.807) is 23.2 Å². The molecule has 1 N–H and O–H groups in total. The maximum absolute atomic E-state index is 14.1. The van der Waals surface area contributed by atoms with E-state index in [0.29, 0.717) is 47.3 Å². The second-order valence-electron chi connectivity index (χ2n) is 9.70. The third kappa shape index (κ3) is 5.72. The highest BCUT2D eigenvalue weighted by Gasteiger charge is 2.35. The molecular weight excluding hydrogens is 496 g/mol. The van der Waals surface area contributed by atoms with Crippen LogP contribution in [0.15, 0.2) is 91.1 Å². The van der Waals surface area contributed by atoms with Crippen molar-refractivity contribution in [1.82, 2.24) is 14.9 Å². The van der Waals surface area contributed by atoms with Crippen molar-refractivity contribution in [3.63, 3.8) is 0 Å². The number of hydrogen-bond donors (Lipinski definition) is 1. The number of aliphatic hydroxyl groups excluding tert-OH is 1. The number of carbonyl (C=O) groups is 1. The molecule has 3 aromatic carbocycles. The highest BCUT2D eigenvalue weighted by Crippen LogP contribution is 2.33. The molecule has 4 aromatic rings. The van der Waals surface area contributed by atoms with Crippen molar-refractivity contribution in [1.29, 1.82) is 0 Å². The fraction of sp³-hybridized carbons (Fsp3) is 0.258. The third-order valence-corrected chi connectivity index (χ3v) is 7.26. The smallest absolute Gasteiger partial charge is 0.258 e. The Morgan fingerprint density at radius 2 is 1.79 bits per heavy atom. The average molecular weight is 527 g/mol. The Labute approximate surface area is 228 Å². The first kappa shape index (κ1) is 25.9. The molecule has 194 valence electrons. The maximum atomic E-state index is 14.1. The van der Waals surface area contributed by atoms with Crippen molar-refractivity contribution in [2.75, 3.05) is 18.5 Å². The quantitative estimate of drug-likeness (QED) is 0.312. The van der Waals surface area contributed by atoms with E-state index in [9.17, 15) is 9.90 Å². The Morgan fingerprint density at radius 1 is 1.05 bits per heavy atom. The van der Waals surface area contributed by atoms with Gasteiger partial charge < -0.3 is 14.9 Å². The number of nitrogens with zero attached hydrogens (tertiary/aromatic N) is 4. The lowest BCUT2D eigenvalue weighted by atomic mass is 9.92. The molecule has 1 aromatic heterocycles. The van der Waals surface area contributed by atoms with Crippen LogP contribution in [0.3, 0.4) is 0 Å². The molecule has 0 aliphatic carbocycles. The van der Waals surface area contributed by atoms with Gasteiger partial charge in [-0.3, -0.25) is 4.79 Å². The van der Waals surface area contributed by atoms with Crippen LogP contribution in [0.1, 0.15) is 46.9 Å². The molecular formula is C31H31ClN4O2. The summed E-state index contributed by atoms with van der Waals surface area (Å²) in [6.45, 7) is 1.20. The maximum Gasteiger partial charge on any atom is 0.258 e. The van der Waals surface area contributed by atoms with Crippen LogP contribution in [0.5, 0.6) is 0 Å². The second kappa shape index (κ2) is 11.8. The minimum atomic E-state index is -0.838. The van der Waals surface area contributed by atoms with Gasteiger partial charge in [0.25, 0.3) is 5.91 Å². The number of hydrogen-bond acceptors (Lipinski definition) is 5. The molecule has 0 spiro atoms. The van der Waals surface area contributed by atoms with Crippen molar-refractivity contribution in [3.8, 4) is 11.3 Å². The van der Waals surface area contributed by atoms with Crippen molar-refractivity contribution < 1.29 is 9.90 Å². The second-order valence-corrected chi connectivity index (χ2v) is 10.1. The molecule has 0 radical (unpaired) electrons. The van der Waals surface area contributed by atoms with Crippen LogP contribution in [0.25, 0.3) is 11.3 Å². The van der Waals surface area contributed by atoms with E-state index in [4.69, 9.17) is 16.6 Å². The molecule has 5 rings (SSSR count). The van der Waals surface area contributed by atoms with Crippen LogP contribution in [0.2, 0.25) is 5.02 Å². The van der Waals surface area contributed by atoms with Gasteiger partial charge in [-0.15, -0.1) is 0 Å². The average Bonchev–Trinajstić information content (AvgIpc) is 2.97. The van der Waals surface area contributed by atoms with Crippen LogP contribution >= 0.6 is 11.6 Å². The molecule has 0 bridgehead atoms. The molecule has 6 nitrogen and oxygen atoms in total. The van der Waals surface area contributed by atoms with Gasteiger partial charge >= 0.3 is 0 Å². The minimum Gasteiger partial charge on any atom is -0.386 e. The number of amides is 1. The van der Waals surface area contributed by atoms with Gasteiger partial charge in [-0.1, -0.05) is 84.4 Å². The zero-order chi connectivity index (χ0) is 26.5. The Bertz CT molecular complexity index is 1380. The van der Waals surface area contributed by atoms with E-state index >= 15 is 0 Å². The highest BCUT2D eigenvalue weighted by molar-refractivity contribution is 6.30. The normalized spacial score (nSPS) is 16.2. The number of likely N-dealkylation sites (tertiary alicyclic amines) is 1. The lowest BCUT2D eigenvalue weighted by Gasteiger charge is -2.39. The Hall–Kier alpha value is -3.74. The third-order valence-electron chi connectivity index (χ3n) is 7.02. The number of anilines is 1. The highest BCUT2D eigenvalue weighted by atomic mass is 35.5. The molecule has 1 fully saturated rings. The van der Waals surface area contributed by atoms with E-state index in [1.807, 2.05) is 72.6 Å². The van der Waals surface area contributed by atoms with Gasteiger partial charge in [-0.2, -0.15) is 0 Å². The lowest BCUT2D eigenvalue weighted by Crippen LogP contribution is -2.47. The van der Waals surface area contributed by atoms with Crippen LogP contribution in [-0.2, 0) is 6.54 Å². The van der Waals surface area contributed by atoms with E-state index in [1.165, 1.54) is 0 Å². The number of halogens is 1. The summed E-state index contributed by atoms with van der Waals surface area (Å²) < 4.78 is 0. The van der Waals surface area contributed by atoms with E-state index in [-0.39, 0.29) is 11.9 Å². The predicted octanol–water partition coefficient (Wildman–Crippen LogP) is 6.16. The predicted molar refractivity (Wildman–Crippen MR) is 151 cm³/mol. The summed E-state index contributed by atoms with van der Waals surface area (Å²) in [5, 5.41) is 11.8. The molecule has 38 heavy (non-hydrogen) atoms. The fourth-order valence-electron chi connectivity index (χ4n) is 5.06. The molecule has 1 aliphatic rings. The largest absolute Gasteiger partial charge is 0.386 e. The molecule has 7 heteroatoms. The van der Waals surface area contributed by atoms with Gasteiger partial charge in [0.2, 0.25) is 5.95 Å². The van der Waals surface area contributed by atoms with Crippen LogP contribution in [-0.4, -0.2) is 45.5 Å². The summed E-state index contributed by atoms with van der Waals surface area (Å²) in [6, 6.07) is 26.7. The summed E-state index contributed by atoms with van der Waals surface area (Å²) in [4.78, 5) is 27.3. The number of rotatable bonds is 7. The van der Waals surface area contributed by atoms with Crippen LogP contribution < -0.4 is 4.90 Å². The van der Waals surface area contributed by atoms with E-state index in [0.717, 1.165) is 24.0 Å². The number of piperidine rings is 1. The number of aromatic nitrogens is 2. The van der Waals surface area contributed by atoms with Crippen LogP contribution in [0, 0.1) is 0 Å². The number of benzene rings is 3. The first-order valence-electron chi connectivity index (χ1n) is 12.9. The molecule has 1 saturated heterocycles.